The minimum Gasteiger partial charge on any atom is -0.352 e. The molecule has 0 unspecified atom stereocenters. The molecule has 4 aromatic rings. The molecule has 7 heteroatoms. The fraction of sp³-hybridized carbons (Fsp3) is 0.208. The smallest absolute Gasteiger partial charge is 0.253 e. The second-order valence-electron chi connectivity index (χ2n) is 7.65. The monoisotopic (exact) mass is 448 g/mol. The first-order valence-corrected chi connectivity index (χ1v) is 11.5. The van der Waals surface area contributed by atoms with Gasteiger partial charge in [0.15, 0.2) is 5.82 Å². The van der Waals surface area contributed by atoms with Gasteiger partial charge in [0, 0.05) is 42.2 Å². The van der Waals surface area contributed by atoms with Gasteiger partial charge in [0.1, 0.15) is 5.82 Å². The molecule has 0 radical (unpaired) electrons. The van der Waals surface area contributed by atoms with Crippen molar-refractivity contribution in [3.05, 3.63) is 76.1 Å². The Labute approximate surface area is 189 Å². The number of fused-ring (bicyclic) bond motifs is 1. The number of nitrogens with zero attached hydrogens (tertiary/aromatic N) is 4. The maximum Gasteiger partial charge on any atom is 0.253 e. The van der Waals surface area contributed by atoms with E-state index in [0.717, 1.165) is 45.8 Å². The molecule has 0 aliphatic carbocycles. The van der Waals surface area contributed by atoms with Crippen LogP contribution in [0.5, 0.6) is 0 Å². The van der Waals surface area contributed by atoms with Crippen LogP contribution in [0.2, 0.25) is 5.02 Å². The highest BCUT2D eigenvalue weighted by atomic mass is 35.5. The number of carbonyl (C=O) groups is 1. The van der Waals surface area contributed by atoms with Crippen LogP contribution in [-0.2, 0) is 0 Å². The molecule has 2 aromatic carbocycles. The van der Waals surface area contributed by atoms with Gasteiger partial charge >= 0.3 is 0 Å². The molecule has 0 spiro atoms. The van der Waals surface area contributed by atoms with Crippen molar-refractivity contribution in [1.29, 1.82) is 0 Å². The Hall–Kier alpha value is -2.96. The van der Waals surface area contributed by atoms with Crippen molar-refractivity contribution in [3.8, 4) is 10.7 Å². The van der Waals surface area contributed by atoms with Gasteiger partial charge in [0.25, 0.3) is 5.91 Å². The van der Waals surface area contributed by atoms with E-state index in [1.54, 1.807) is 11.3 Å². The average molecular weight is 449 g/mol. The van der Waals surface area contributed by atoms with Gasteiger partial charge in [-0.05, 0) is 48.7 Å². The summed E-state index contributed by atoms with van der Waals surface area (Å²) in [4.78, 5) is 27.7. The van der Waals surface area contributed by atoms with Crippen molar-refractivity contribution in [2.45, 2.75) is 6.92 Å². The van der Waals surface area contributed by atoms with E-state index in [1.807, 2.05) is 71.8 Å². The SMILES string of the molecule is Cc1ccc(C(=O)N2CCN(c3nc(-c4cccs4)nc4cc(Cl)ccc34)CC2)cc1. The van der Waals surface area contributed by atoms with E-state index >= 15 is 0 Å². The van der Waals surface area contributed by atoms with E-state index in [2.05, 4.69) is 4.90 Å². The highest BCUT2D eigenvalue weighted by Gasteiger charge is 2.25. The van der Waals surface area contributed by atoms with Crippen LogP contribution in [0.3, 0.4) is 0 Å². The molecule has 0 saturated carbocycles. The van der Waals surface area contributed by atoms with E-state index < -0.39 is 0 Å². The fourth-order valence-electron chi connectivity index (χ4n) is 3.84. The Morgan fingerprint density at radius 3 is 2.48 bits per heavy atom. The Balaban J connectivity index is 1.42. The highest BCUT2D eigenvalue weighted by molar-refractivity contribution is 7.13. The van der Waals surface area contributed by atoms with Gasteiger partial charge in [-0.15, -0.1) is 11.3 Å². The number of hydrogen-bond donors (Lipinski definition) is 0. The van der Waals surface area contributed by atoms with Gasteiger partial charge in [-0.3, -0.25) is 4.79 Å². The van der Waals surface area contributed by atoms with Gasteiger partial charge in [-0.25, -0.2) is 9.97 Å². The summed E-state index contributed by atoms with van der Waals surface area (Å²) in [7, 11) is 0. The van der Waals surface area contributed by atoms with E-state index in [9.17, 15) is 4.79 Å². The number of aryl methyl sites for hydroxylation is 1. The Kier molecular flexibility index (Phi) is 5.34. The number of halogens is 1. The summed E-state index contributed by atoms with van der Waals surface area (Å²) in [5.74, 6) is 1.68. The van der Waals surface area contributed by atoms with E-state index in [1.165, 1.54) is 0 Å². The van der Waals surface area contributed by atoms with Crippen molar-refractivity contribution in [2.75, 3.05) is 31.1 Å². The van der Waals surface area contributed by atoms with Gasteiger partial charge in [-0.2, -0.15) is 0 Å². The van der Waals surface area contributed by atoms with Crippen molar-refractivity contribution in [1.82, 2.24) is 14.9 Å². The zero-order valence-electron chi connectivity index (χ0n) is 17.1. The van der Waals surface area contributed by atoms with Crippen LogP contribution in [0.25, 0.3) is 21.6 Å². The number of thiophene rings is 1. The normalized spacial score (nSPS) is 14.3. The molecule has 0 atom stereocenters. The summed E-state index contributed by atoms with van der Waals surface area (Å²) in [5, 5.41) is 3.65. The van der Waals surface area contributed by atoms with Crippen LogP contribution in [-0.4, -0.2) is 47.0 Å². The van der Waals surface area contributed by atoms with Crippen LogP contribution in [0.1, 0.15) is 15.9 Å². The van der Waals surface area contributed by atoms with Crippen LogP contribution < -0.4 is 4.90 Å². The number of rotatable bonds is 3. The molecule has 1 aliphatic heterocycles. The number of benzene rings is 2. The standard InChI is InChI=1S/C24H21ClN4OS/c1-16-4-6-17(7-5-16)24(30)29-12-10-28(11-13-29)23-19-9-8-18(25)15-20(19)26-22(27-23)21-3-2-14-31-21/h2-9,14-15H,10-13H2,1H3. The quantitative estimate of drug-likeness (QED) is 0.427. The summed E-state index contributed by atoms with van der Waals surface area (Å²) in [6.07, 6.45) is 0. The van der Waals surface area contributed by atoms with Gasteiger partial charge in [-0.1, -0.05) is 35.4 Å². The molecule has 1 saturated heterocycles. The summed E-state index contributed by atoms with van der Waals surface area (Å²) in [6, 6.07) is 17.5. The maximum atomic E-state index is 12.9. The largest absolute Gasteiger partial charge is 0.352 e. The maximum absolute atomic E-state index is 12.9. The van der Waals surface area contributed by atoms with E-state index in [4.69, 9.17) is 21.6 Å². The molecular formula is C24H21ClN4OS. The summed E-state index contributed by atoms with van der Waals surface area (Å²) < 4.78 is 0. The number of amides is 1. The van der Waals surface area contributed by atoms with Crippen LogP contribution in [0, 0.1) is 6.92 Å². The second kappa shape index (κ2) is 8.29. The van der Waals surface area contributed by atoms with Crippen molar-refractivity contribution in [2.24, 2.45) is 0 Å². The summed E-state index contributed by atoms with van der Waals surface area (Å²) in [5.41, 5.74) is 2.72. The molecule has 0 N–H and O–H groups in total. The molecule has 3 heterocycles. The van der Waals surface area contributed by atoms with E-state index in [-0.39, 0.29) is 5.91 Å². The molecule has 0 bridgehead atoms. The zero-order valence-corrected chi connectivity index (χ0v) is 18.7. The molecule has 1 aliphatic rings. The average Bonchev–Trinajstić information content (AvgIpc) is 3.33. The van der Waals surface area contributed by atoms with Crippen molar-refractivity contribution >= 4 is 45.6 Å². The predicted octanol–water partition coefficient (Wildman–Crippen LogP) is 5.28. The minimum atomic E-state index is 0.0817. The molecule has 1 fully saturated rings. The second-order valence-corrected chi connectivity index (χ2v) is 9.04. The lowest BCUT2D eigenvalue weighted by Gasteiger charge is -2.36. The topological polar surface area (TPSA) is 49.3 Å². The molecular weight excluding hydrogens is 428 g/mol. The lowest BCUT2D eigenvalue weighted by Crippen LogP contribution is -2.49. The lowest BCUT2D eigenvalue weighted by molar-refractivity contribution is 0.0746. The Morgan fingerprint density at radius 1 is 1.00 bits per heavy atom. The van der Waals surface area contributed by atoms with Crippen molar-refractivity contribution < 1.29 is 4.79 Å². The highest BCUT2D eigenvalue weighted by Crippen LogP contribution is 2.31. The molecule has 5 nitrogen and oxygen atoms in total. The van der Waals surface area contributed by atoms with Gasteiger partial charge < -0.3 is 9.80 Å². The zero-order chi connectivity index (χ0) is 21.4. The third kappa shape index (κ3) is 4.01. The number of piperazine rings is 1. The van der Waals surface area contributed by atoms with Crippen LogP contribution >= 0.6 is 22.9 Å². The van der Waals surface area contributed by atoms with Gasteiger partial charge in [0.2, 0.25) is 0 Å². The fourth-order valence-corrected chi connectivity index (χ4v) is 4.67. The predicted molar refractivity (Wildman–Crippen MR) is 127 cm³/mol. The first-order chi connectivity index (χ1) is 15.1. The van der Waals surface area contributed by atoms with Crippen LogP contribution in [0.4, 0.5) is 5.82 Å². The number of hydrogen-bond acceptors (Lipinski definition) is 5. The first-order valence-electron chi connectivity index (χ1n) is 10.2. The van der Waals surface area contributed by atoms with Crippen LogP contribution in [0.15, 0.2) is 60.0 Å². The number of carbonyl (C=O) groups excluding carboxylic acids is 1. The van der Waals surface area contributed by atoms with Crippen molar-refractivity contribution in [3.63, 3.8) is 0 Å². The molecule has 2 aromatic heterocycles. The van der Waals surface area contributed by atoms with E-state index in [0.29, 0.717) is 23.9 Å². The Bertz CT molecular complexity index is 1230. The summed E-state index contributed by atoms with van der Waals surface area (Å²) in [6.45, 7) is 4.77. The minimum absolute atomic E-state index is 0.0817. The summed E-state index contributed by atoms with van der Waals surface area (Å²) >= 11 is 7.86. The molecule has 1 amide bonds. The third-order valence-electron chi connectivity index (χ3n) is 5.55. The lowest BCUT2D eigenvalue weighted by atomic mass is 10.1. The Morgan fingerprint density at radius 2 is 1.77 bits per heavy atom. The first kappa shape index (κ1) is 20.0. The third-order valence-corrected chi connectivity index (χ3v) is 6.65. The van der Waals surface area contributed by atoms with Gasteiger partial charge in [0.05, 0.1) is 10.4 Å². The molecule has 156 valence electrons. The number of anilines is 1. The molecule has 31 heavy (non-hydrogen) atoms. The number of aromatic nitrogens is 2. The molecule has 5 rings (SSSR count).